The minimum atomic E-state index is -0.461. The summed E-state index contributed by atoms with van der Waals surface area (Å²) in [5.41, 5.74) is 2.76. The van der Waals surface area contributed by atoms with E-state index in [9.17, 15) is 14.7 Å². The van der Waals surface area contributed by atoms with E-state index in [1.165, 1.54) is 0 Å². The molecule has 2 aromatic rings. The quantitative estimate of drug-likeness (QED) is 0.298. The molecular weight excluding hydrogens is 516 g/mol. The Balaban J connectivity index is 1.47. The van der Waals surface area contributed by atoms with Gasteiger partial charge >= 0.3 is 6.09 Å². The number of anilines is 1. The van der Waals surface area contributed by atoms with Gasteiger partial charge in [-0.05, 0) is 56.6 Å². The molecule has 2 heterocycles. The Morgan fingerprint density at radius 2 is 1.73 bits per heavy atom. The van der Waals surface area contributed by atoms with Crippen LogP contribution >= 0.6 is 0 Å². The van der Waals surface area contributed by atoms with Crippen molar-refractivity contribution in [1.82, 2.24) is 15.0 Å². The van der Waals surface area contributed by atoms with E-state index in [4.69, 9.17) is 4.74 Å². The minimum absolute atomic E-state index is 0.0183. The lowest BCUT2D eigenvalue weighted by molar-refractivity contribution is -0.159. The predicted molar refractivity (Wildman–Crippen MR) is 163 cm³/mol. The minimum Gasteiger partial charge on any atom is -0.448 e. The molecule has 4 rings (SSSR count). The van der Waals surface area contributed by atoms with Crippen LogP contribution in [0.1, 0.15) is 71.1 Å². The molecule has 0 aliphatic carbocycles. The topological polar surface area (TPSA) is 76.6 Å². The molecule has 0 bridgehead atoms. The highest BCUT2D eigenvalue weighted by atomic mass is 16.6. The highest BCUT2D eigenvalue weighted by molar-refractivity contribution is 5.93. The van der Waals surface area contributed by atoms with Crippen molar-refractivity contribution in [3.05, 3.63) is 61.0 Å². The number of unbranched alkanes of at least 4 members (excludes halogenated alkanes) is 2. The maximum Gasteiger partial charge on any atom is 0.429 e. The van der Waals surface area contributed by atoms with Crippen LogP contribution in [0.25, 0.3) is 11.1 Å². The van der Waals surface area contributed by atoms with E-state index < -0.39 is 6.09 Å². The summed E-state index contributed by atoms with van der Waals surface area (Å²) in [5.74, 6) is -0.0254. The zero-order valence-corrected chi connectivity index (χ0v) is 24.6. The summed E-state index contributed by atoms with van der Waals surface area (Å²) in [5, 5.41) is 17.4. The van der Waals surface area contributed by atoms with E-state index in [1.54, 1.807) is 5.01 Å². The predicted octanol–water partition coefficient (Wildman–Crippen LogP) is 6.07. The first-order chi connectivity index (χ1) is 20.1. The van der Waals surface area contributed by atoms with Crippen LogP contribution in [0.3, 0.4) is 0 Å². The van der Waals surface area contributed by atoms with Gasteiger partial charge < -0.3 is 9.84 Å². The molecule has 2 saturated heterocycles. The number of benzene rings is 2. The Kier molecular flexibility index (Phi) is 12.5. The Morgan fingerprint density at radius 3 is 2.49 bits per heavy atom. The summed E-state index contributed by atoms with van der Waals surface area (Å²) in [6, 6.07) is 18.1. The van der Waals surface area contributed by atoms with Gasteiger partial charge in [0.25, 0.3) is 0 Å². The maximum atomic E-state index is 13.7. The van der Waals surface area contributed by atoms with E-state index in [-0.39, 0.29) is 31.6 Å². The van der Waals surface area contributed by atoms with E-state index in [2.05, 4.69) is 23.4 Å². The molecule has 2 fully saturated rings. The average Bonchev–Trinajstić information content (AvgIpc) is 3.01. The number of rotatable bonds is 13. The van der Waals surface area contributed by atoms with Gasteiger partial charge in [-0.25, -0.2) is 19.8 Å². The van der Waals surface area contributed by atoms with Gasteiger partial charge in [0, 0.05) is 44.4 Å². The lowest BCUT2D eigenvalue weighted by atomic mass is 10.0. The van der Waals surface area contributed by atoms with Crippen LogP contribution in [0.15, 0.2) is 54.6 Å². The van der Waals surface area contributed by atoms with Crippen LogP contribution in [0, 0.1) is 6.42 Å². The summed E-state index contributed by atoms with van der Waals surface area (Å²) in [7, 11) is 0. The van der Waals surface area contributed by atoms with E-state index in [0.29, 0.717) is 13.0 Å². The normalized spacial score (nSPS) is 18.1. The maximum absolute atomic E-state index is 13.7. The third-order valence-corrected chi connectivity index (χ3v) is 8.03. The second-order valence-electron chi connectivity index (χ2n) is 10.9. The molecule has 8 heteroatoms. The Hall–Kier alpha value is -2.94. The standard InChI is InChI=1S/C33H47N4O4/c1-2-3-11-25-36(35-24-14-10-17-29(35)20-26-38)32(39)21-27-41-33(40)37(34-22-12-5-13-23-34)31-19-9-8-18-30(31)28-15-6-4-7-16-28/h4-9,15-16,18-19,29,38H,2-3,10-14,17,20-27H2,1H3. The first kappa shape index (κ1) is 31.0. The van der Waals surface area contributed by atoms with Gasteiger partial charge in [-0.1, -0.05) is 74.7 Å². The van der Waals surface area contributed by atoms with Gasteiger partial charge in [-0.2, -0.15) is 0 Å². The lowest BCUT2D eigenvalue weighted by Gasteiger charge is -2.43. The number of hydrogen-bond donors (Lipinski definition) is 1. The number of carbonyl (C=O) groups is 2. The number of amides is 2. The second-order valence-corrected chi connectivity index (χ2v) is 10.9. The Morgan fingerprint density at radius 1 is 0.976 bits per heavy atom. The zero-order chi connectivity index (χ0) is 28.9. The highest BCUT2D eigenvalue weighted by Gasteiger charge is 2.31. The van der Waals surface area contributed by atoms with Crippen molar-refractivity contribution < 1.29 is 19.4 Å². The van der Waals surface area contributed by atoms with Gasteiger partial charge in [0.05, 0.1) is 12.1 Å². The van der Waals surface area contributed by atoms with E-state index >= 15 is 0 Å². The van der Waals surface area contributed by atoms with Gasteiger partial charge in [0.2, 0.25) is 5.91 Å². The van der Waals surface area contributed by atoms with Crippen LogP contribution in [0.5, 0.6) is 0 Å². The smallest absolute Gasteiger partial charge is 0.429 e. The van der Waals surface area contributed by atoms with Crippen LogP contribution in [-0.4, -0.2) is 77.6 Å². The molecule has 2 aliphatic heterocycles. The zero-order valence-electron chi connectivity index (χ0n) is 24.6. The van der Waals surface area contributed by atoms with E-state index in [1.807, 2.05) is 59.6 Å². The number of carbonyl (C=O) groups excluding carboxylic acids is 2. The fourth-order valence-electron chi connectivity index (χ4n) is 5.89. The number of aliphatic hydroxyl groups is 1. The molecule has 1 N–H and O–H groups in total. The SMILES string of the molecule is CCCCCN(C(=O)CCOC(=O)N(c1ccccc1-c1ccccc1)N1CC[CH]CC1)N1CCCCC1CCO. The summed E-state index contributed by atoms with van der Waals surface area (Å²) in [4.78, 5) is 27.3. The molecule has 2 amide bonds. The molecule has 2 aliphatic rings. The van der Waals surface area contributed by atoms with Crippen molar-refractivity contribution in [2.75, 3.05) is 44.4 Å². The Bertz CT molecular complexity index is 1070. The molecule has 0 spiro atoms. The first-order valence-corrected chi connectivity index (χ1v) is 15.5. The number of ether oxygens (including phenoxy) is 1. The summed E-state index contributed by atoms with van der Waals surface area (Å²) in [6.45, 7) is 5.22. The third-order valence-electron chi connectivity index (χ3n) is 8.03. The van der Waals surface area contributed by atoms with Crippen LogP contribution < -0.4 is 5.01 Å². The van der Waals surface area contributed by atoms with E-state index in [0.717, 1.165) is 87.8 Å². The van der Waals surface area contributed by atoms with Crippen molar-refractivity contribution >= 4 is 17.7 Å². The van der Waals surface area contributed by atoms with Crippen molar-refractivity contribution in [3.63, 3.8) is 0 Å². The van der Waals surface area contributed by atoms with Crippen molar-refractivity contribution in [3.8, 4) is 11.1 Å². The molecule has 8 nitrogen and oxygen atoms in total. The molecule has 2 aromatic carbocycles. The van der Waals surface area contributed by atoms with Crippen LogP contribution in [-0.2, 0) is 9.53 Å². The first-order valence-electron chi connectivity index (χ1n) is 15.5. The number of aliphatic hydroxyl groups excluding tert-OH is 1. The van der Waals surface area contributed by atoms with Gasteiger partial charge in [0.1, 0.15) is 6.61 Å². The second kappa shape index (κ2) is 16.5. The number of hydrogen-bond acceptors (Lipinski definition) is 6. The fraction of sp³-hybridized carbons (Fsp3) is 0.545. The van der Waals surface area contributed by atoms with Crippen molar-refractivity contribution in [2.24, 2.45) is 0 Å². The number of para-hydroxylation sites is 1. The van der Waals surface area contributed by atoms with Gasteiger partial charge in [-0.3, -0.25) is 9.80 Å². The molecule has 41 heavy (non-hydrogen) atoms. The molecule has 223 valence electrons. The number of hydrazine groups is 2. The molecular formula is C33H47N4O4. The fourth-order valence-corrected chi connectivity index (χ4v) is 5.89. The largest absolute Gasteiger partial charge is 0.448 e. The molecule has 1 atom stereocenters. The molecule has 1 radical (unpaired) electrons. The molecule has 0 saturated carbocycles. The van der Waals surface area contributed by atoms with Crippen molar-refractivity contribution in [2.45, 2.75) is 77.2 Å². The third kappa shape index (κ3) is 8.53. The highest BCUT2D eigenvalue weighted by Crippen LogP contribution is 2.33. The van der Waals surface area contributed by atoms with Crippen molar-refractivity contribution in [1.29, 1.82) is 0 Å². The molecule has 0 aromatic heterocycles. The van der Waals surface area contributed by atoms with Gasteiger partial charge in [0.15, 0.2) is 0 Å². The monoisotopic (exact) mass is 563 g/mol. The Labute approximate surface area is 245 Å². The number of nitrogens with zero attached hydrogens (tertiary/aromatic N) is 4. The summed E-state index contributed by atoms with van der Waals surface area (Å²) in [6.07, 6.45) is 10.6. The van der Waals surface area contributed by atoms with Crippen LogP contribution in [0.2, 0.25) is 0 Å². The molecule has 1 unspecified atom stereocenters. The lowest BCUT2D eigenvalue weighted by Crippen LogP contribution is -2.54. The summed E-state index contributed by atoms with van der Waals surface area (Å²) >= 11 is 0. The number of piperidine rings is 2. The average molecular weight is 564 g/mol. The summed E-state index contributed by atoms with van der Waals surface area (Å²) < 4.78 is 5.84. The van der Waals surface area contributed by atoms with Gasteiger partial charge in [-0.15, -0.1) is 0 Å². The van der Waals surface area contributed by atoms with Crippen LogP contribution in [0.4, 0.5) is 10.5 Å².